The molecule has 2 nitrogen and oxygen atoms in total. The Morgan fingerprint density at radius 1 is 1.10 bits per heavy atom. The van der Waals surface area contributed by atoms with E-state index in [4.69, 9.17) is 5.73 Å². The lowest BCUT2D eigenvalue weighted by atomic mass is 9.87. The quantitative estimate of drug-likeness (QED) is 0.859. The lowest BCUT2D eigenvalue weighted by molar-refractivity contribution is 0.0700. The van der Waals surface area contributed by atoms with E-state index < -0.39 is 0 Å². The highest BCUT2D eigenvalue weighted by molar-refractivity contribution is 5.14. The summed E-state index contributed by atoms with van der Waals surface area (Å²) in [7, 11) is 0. The van der Waals surface area contributed by atoms with Crippen molar-refractivity contribution >= 4 is 0 Å². The van der Waals surface area contributed by atoms with E-state index in [2.05, 4.69) is 49.1 Å². The molecule has 1 heterocycles. The van der Waals surface area contributed by atoms with Gasteiger partial charge in [-0.1, -0.05) is 36.8 Å². The summed E-state index contributed by atoms with van der Waals surface area (Å²) in [6.07, 6.45) is 7.49. The Morgan fingerprint density at radius 3 is 2.40 bits per heavy atom. The van der Waals surface area contributed by atoms with Gasteiger partial charge >= 0.3 is 0 Å². The van der Waals surface area contributed by atoms with E-state index in [1.165, 1.54) is 44.3 Å². The van der Waals surface area contributed by atoms with Crippen molar-refractivity contribution in [1.29, 1.82) is 0 Å². The van der Waals surface area contributed by atoms with Crippen LogP contribution in [0.15, 0.2) is 30.3 Å². The Bertz CT molecular complexity index is 380. The second-order valence-electron chi connectivity index (χ2n) is 6.69. The first kappa shape index (κ1) is 15.5. The van der Waals surface area contributed by atoms with E-state index in [0.717, 1.165) is 12.8 Å². The second-order valence-corrected chi connectivity index (χ2v) is 6.69. The van der Waals surface area contributed by atoms with Gasteiger partial charge in [-0.3, -0.25) is 4.90 Å². The minimum absolute atomic E-state index is 0.136. The number of rotatable bonds is 6. The molecule has 0 radical (unpaired) electrons. The predicted molar refractivity (Wildman–Crippen MR) is 86.9 cm³/mol. The summed E-state index contributed by atoms with van der Waals surface area (Å²) < 4.78 is 0. The van der Waals surface area contributed by atoms with Crippen LogP contribution in [-0.4, -0.2) is 29.6 Å². The van der Waals surface area contributed by atoms with Crippen molar-refractivity contribution in [1.82, 2.24) is 4.90 Å². The van der Waals surface area contributed by atoms with Crippen LogP contribution in [0, 0.1) is 0 Å². The topological polar surface area (TPSA) is 29.3 Å². The molecule has 0 aromatic heterocycles. The van der Waals surface area contributed by atoms with Gasteiger partial charge in [0.15, 0.2) is 0 Å². The number of hydrogen-bond acceptors (Lipinski definition) is 2. The Hall–Kier alpha value is -0.860. The minimum atomic E-state index is 0.136. The number of hydrogen-bond donors (Lipinski definition) is 1. The van der Waals surface area contributed by atoms with E-state index in [9.17, 15) is 0 Å². The molecule has 0 spiro atoms. The minimum Gasteiger partial charge on any atom is -0.326 e. The predicted octanol–water partition coefficient (Wildman–Crippen LogP) is 3.60. The van der Waals surface area contributed by atoms with Crippen molar-refractivity contribution in [3.05, 3.63) is 35.9 Å². The third-order valence-corrected chi connectivity index (χ3v) is 4.90. The number of benzene rings is 1. The van der Waals surface area contributed by atoms with Crippen LogP contribution in [0.1, 0.15) is 51.5 Å². The van der Waals surface area contributed by atoms with Crippen molar-refractivity contribution in [2.45, 2.75) is 64.0 Å². The van der Waals surface area contributed by atoms with Gasteiger partial charge in [0, 0.05) is 11.6 Å². The molecule has 1 atom stereocenters. The smallest absolute Gasteiger partial charge is 0.0304 e. The summed E-state index contributed by atoms with van der Waals surface area (Å²) in [5.41, 5.74) is 8.07. The standard InChI is InChI=1S/C18H30N2/c1-18(2,20-14-7-4-8-15-20)17(19)13-9-12-16-10-5-3-6-11-16/h3,5-6,10-11,17H,4,7-9,12-15,19H2,1-2H3. The first-order chi connectivity index (χ1) is 9.60. The highest BCUT2D eigenvalue weighted by atomic mass is 15.2. The Labute approximate surface area is 124 Å². The molecule has 1 aliphatic heterocycles. The summed E-state index contributed by atoms with van der Waals surface area (Å²) in [6.45, 7) is 7.09. The maximum absolute atomic E-state index is 6.50. The van der Waals surface area contributed by atoms with E-state index in [0.29, 0.717) is 0 Å². The summed E-state index contributed by atoms with van der Waals surface area (Å²) in [6, 6.07) is 11.0. The Kier molecular flexibility index (Phi) is 5.62. The molecule has 20 heavy (non-hydrogen) atoms. The Balaban J connectivity index is 1.79. The molecule has 0 bridgehead atoms. The third-order valence-electron chi connectivity index (χ3n) is 4.90. The second kappa shape index (κ2) is 7.24. The van der Waals surface area contributed by atoms with Crippen LogP contribution in [0.25, 0.3) is 0 Å². The van der Waals surface area contributed by atoms with Gasteiger partial charge in [0.25, 0.3) is 0 Å². The molecule has 1 aromatic rings. The molecule has 1 saturated heterocycles. The highest BCUT2D eigenvalue weighted by Gasteiger charge is 2.33. The summed E-state index contributed by atoms with van der Waals surface area (Å²) in [5.74, 6) is 0. The molecule has 2 rings (SSSR count). The molecule has 1 fully saturated rings. The SMILES string of the molecule is CC(C)(C(N)CCCc1ccccc1)N1CCCCC1. The van der Waals surface area contributed by atoms with E-state index in [-0.39, 0.29) is 11.6 Å². The number of nitrogens with zero attached hydrogens (tertiary/aromatic N) is 1. The van der Waals surface area contributed by atoms with Gasteiger partial charge in [-0.2, -0.15) is 0 Å². The largest absolute Gasteiger partial charge is 0.326 e. The number of aryl methyl sites for hydroxylation is 1. The molecular weight excluding hydrogens is 244 g/mol. The monoisotopic (exact) mass is 274 g/mol. The average molecular weight is 274 g/mol. The highest BCUT2D eigenvalue weighted by Crippen LogP contribution is 2.25. The van der Waals surface area contributed by atoms with E-state index in [1.54, 1.807) is 0 Å². The van der Waals surface area contributed by atoms with Crippen LogP contribution < -0.4 is 5.73 Å². The molecular formula is C18H30N2. The molecule has 0 saturated carbocycles. The molecule has 0 amide bonds. The number of piperidine rings is 1. The zero-order valence-electron chi connectivity index (χ0n) is 13.1. The normalized spacial score (nSPS) is 18.9. The maximum atomic E-state index is 6.50. The first-order valence-corrected chi connectivity index (χ1v) is 8.15. The van der Waals surface area contributed by atoms with Gasteiger partial charge in [-0.15, -0.1) is 0 Å². The molecule has 2 heteroatoms. The van der Waals surface area contributed by atoms with Crippen molar-refractivity contribution in [3.8, 4) is 0 Å². The van der Waals surface area contributed by atoms with Crippen molar-refractivity contribution < 1.29 is 0 Å². The zero-order valence-corrected chi connectivity index (χ0v) is 13.1. The van der Waals surface area contributed by atoms with Crippen molar-refractivity contribution in [2.75, 3.05) is 13.1 Å². The molecule has 1 unspecified atom stereocenters. The van der Waals surface area contributed by atoms with Gasteiger partial charge in [0.05, 0.1) is 0 Å². The molecule has 1 aliphatic rings. The Morgan fingerprint density at radius 2 is 1.75 bits per heavy atom. The van der Waals surface area contributed by atoms with Gasteiger partial charge in [-0.05, 0) is 64.6 Å². The lowest BCUT2D eigenvalue weighted by Gasteiger charge is -2.44. The van der Waals surface area contributed by atoms with Crippen LogP contribution in [-0.2, 0) is 6.42 Å². The molecule has 2 N–H and O–H groups in total. The lowest BCUT2D eigenvalue weighted by Crippen LogP contribution is -2.57. The number of nitrogens with two attached hydrogens (primary N) is 1. The summed E-state index contributed by atoms with van der Waals surface area (Å²) in [4.78, 5) is 2.60. The van der Waals surface area contributed by atoms with E-state index in [1.807, 2.05) is 0 Å². The van der Waals surface area contributed by atoms with Crippen LogP contribution in [0.4, 0.5) is 0 Å². The van der Waals surface area contributed by atoms with Crippen molar-refractivity contribution in [3.63, 3.8) is 0 Å². The van der Waals surface area contributed by atoms with Gasteiger partial charge < -0.3 is 5.73 Å². The van der Waals surface area contributed by atoms with E-state index >= 15 is 0 Å². The van der Waals surface area contributed by atoms with Crippen molar-refractivity contribution in [2.24, 2.45) is 5.73 Å². The van der Waals surface area contributed by atoms with Crippen LogP contribution >= 0.6 is 0 Å². The summed E-state index contributed by atoms with van der Waals surface area (Å²) >= 11 is 0. The van der Waals surface area contributed by atoms with Crippen LogP contribution in [0.3, 0.4) is 0 Å². The number of likely N-dealkylation sites (tertiary alicyclic amines) is 1. The molecule has 0 aliphatic carbocycles. The molecule has 1 aromatic carbocycles. The fourth-order valence-electron chi connectivity index (χ4n) is 3.23. The maximum Gasteiger partial charge on any atom is 0.0304 e. The third kappa shape index (κ3) is 4.07. The average Bonchev–Trinajstić information content (AvgIpc) is 2.49. The van der Waals surface area contributed by atoms with Crippen LogP contribution in [0.5, 0.6) is 0 Å². The fourth-order valence-corrected chi connectivity index (χ4v) is 3.23. The van der Waals surface area contributed by atoms with Gasteiger partial charge in [0.2, 0.25) is 0 Å². The fraction of sp³-hybridized carbons (Fsp3) is 0.667. The first-order valence-electron chi connectivity index (χ1n) is 8.15. The zero-order chi connectivity index (χ0) is 14.4. The summed E-state index contributed by atoms with van der Waals surface area (Å²) in [5, 5.41) is 0. The van der Waals surface area contributed by atoms with Gasteiger partial charge in [-0.25, -0.2) is 0 Å². The molecule has 112 valence electrons. The van der Waals surface area contributed by atoms with Gasteiger partial charge in [0.1, 0.15) is 0 Å². The van der Waals surface area contributed by atoms with Crippen LogP contribution in [0.2, 0.25) is 0 Å².